The molecule has 1 aromatic carbocycles. The number of pyridine rings is 1. The first-order chi connectivity index (χ1) is 13.7. The van der Waals surface area contributed by atoms with Gasteiger partial charge in [-0.1, -0.05) is 24.9 Å². The molecule has 0 aliphatic rings. The Kier molecular flexibility index (Phi) is 5.94. The smallest absolute Gasteiger partial charge is 0.328 e. The highest BCUT2D eigenvalue weighted by molar-refractivity contribution is 6.31. The molecule has 7 heteroatoms. The summed E-state index contributed by atoms with van der Waals surface area (Å²) >= 11 is 6.29. The highest BCUT2D eigenvalue weighted by atomic mass is 35.5. The molecule has 0 atom stereocenters. The van der Waals surface area contributed by atoms with Gasteiger partial charge in [0.15, 0.2) is 0 Å². The van der Waals surface area contributed by atoms with Gasteiger partial charge in [-0.05, 0) is 62.1 Å². The third kappa shape index (κ3) is 4.12. The minimum Gasteiger partial charge on any atom is -0.437 e. The molecule has 0 aliphatic heterocycles. The van der Waals surface area contributed by atoms with Crippen molar-refractivity contribution in [1.29, 1.82) is 0 Å². The summed E-state index contributed by atoms with van der Waals surface area (Å²) in [5, 5.41) is 0.446. The number of aryl methyl sites for hydroxylation is 3. The van der Waals surface area contributed by atoms with Gasteiger partial charge >= 0.3 is 5.69 Å². The van der Waals surface area contributed by atoms with Gasteiger partial charge in [0.1, 0.15) is 10.8 Å². The quantitative estimate of drug-likeness (QED) is 0.669. The number of nitrogens with one attached hydrogen (secondary N) is 1. The van der Waals surface area contributed by atoms with Crippen LogP contribution >= 0.6 is 11.6 Å². The Morgan fingerprint density at radius 3 is 2.55 bits per heavy atom. The third-order valence-electron chi connectivity index (χ3n) is 4.89. The van der Waals surface area contributed by atoms with Gasteiger partial charge in [0, 0.05) is 24.4 Å². The second kappa shape index (κ2) is 8.25. The van der Waals surface area contributed by atoms with Crippen molar-refractivity contribution in [2.45, 2.75) is 40.5 Å². The summed E-state index contributed by atoms with van der Waals surface area (Å²) in [4.78, 5) is 30.9. The maximum absolute atomic E-state index is 12.2. The summed E-state index contributed by atoms with van der Waals surface area (Å²) < 4.78 is 7.51. The molecule has 6 nitrogen and oxygen atoms in total. The second-order valence-corrected chi connectivity index (χ2v) is 7.63. The molecule has 3 aromatic rings. The first-order valence-electron chi connectivity index (χ1n) is 9.46. The Hall–Kier alpha value is -2.86. The minimum absolute atomic E-state index is 0.349. The summed E-state index contributed by atoms with van der Waals surface area (Å²) in [5.74, 6) is 1.01. The van der Waals surface area contributed by atoms with Crippen LogP contribution in [0, 0.1) is 20.8 Å². The van der Waals surface area contributed by atoms with Crippen molar-refractivity contribution in [2.75, 3.05) is 0 Å². The minimum atomic E-state index is -0.442. The number of H-pyrrole nitrogens is 1. The lowest BCUT2D eigenvalue weighted by Gasteiger charge is -2.18. The Labute approximate surface area is 174 Å². The molecule has 2 aromatic heterocycles. The van der Waals surface area contributed by atoms with Crippen LogP contribution in [0.1, 0.15) is 35.6 Å². The molecule has 0 unspecified atom stereocenters. The number of rotatable bonds is 5. The van der Waals surface area contributed by atoms with E-state index in [1.54, 1.807) is 26.2 Å². The number of ether oxygens (including phenoxy) is 1. The van der Waals surface area contributed by atoms with E-state index in [0.29, 0.717) is 27.9 Å². The van der Waals surface area contributed by atoms with Crippen LogP contribution in [0.3, 0.4) is 0 Å². The molecule has 2 heterocycles. The number of hydrogen-bond acceptors (Lipinski definition) is 4. The van der Waals surface area contributed by atoms with Gasteiger partial charge in [-0.2, -0.15) is 0 Å². The van der Waals surface area contributed by atoms with E-state index in [4.69, 9.17) is 16.3 Å². The molecule has 3 rings (SSSR count). The normalized spacial score (nSPS) is 11.0. The SMILES string of the molecule is CCCc1cc(-c2c(C)c(=O)[nH]c(=O)n2C)c(C)cc1Oc1ncc(C)cc1Cl. The van der Waals surface area contributed by atoms with Gasteiger partial charge in [0.05, 0.1) is 5.69 Å². The van der Waals surface area contributed by atoms with E-state index >= 15 is 0 Å². The molecule has 0 aliphatic carbocycles. The van der Waals surface area contributed by atoms with E-state index in [1.807, 2.05) is 26.0 Å². The van der Waals surface area contributed by atoms with E-state index < -0.39 is 5.69 Å². The van der Waals surface area contributed by atoms with Gasteiger partial charge < -0.3 is 4.74 Å². The van der Waals surface area contributed by atoms with Gasteiger partial charge in [-0.25, -0.2) is 9.78 Å². The Morgan fingerprint density at radius 1 is 1.17 bits per heavy atom. The number of halogens is 1. The molecule has 0 saturated carbocycles. The second-order valence-electron chi connectivity index (χ2n) is 7.22. The topological polar surface area (TPSA) is 77.0 Å². The van der Waals surface area contributed by atoms with Crippen molar-refractivity contribution in [3.05, 3.63) is 72.5 Å². The van der Waals surface area contributed by atoms with Crippen LogP contribution in [0.5, 0.6) is 11.6 Å². The van der Waals surface area contributed by atoms with Crippen molar-refractivity contribution in [2.24, 2.45) is 7.05 Å². The predicted molar refractivity (Wildman–Crippen MR) is 115 cm³/mol. The van der Waals surface area contributed by atoms with Crippen LogP contribution in [0.25, 0.3) is 11.3 Å². The van der Waals surface area contributed by atoms with E-state index in [-0.39, 0.29) is 5.56 Å². The monoisotopic (exact) mass is 413 g/mol. The summed E-state index contributed by atoms with van der Waals surface area (Å²) in [6.07, 6.45) is 3.38. The highest BCUT2D eigenvalue weighted by Crippen LogP contribution is 2.35. The van der Waals surface area contributed by atoms with Crippen molar-refractivity contribution < 1.29 is 4.74 Å². The van der Waals surface area contributed by atoms with Crippen LogP contribution in [-0.4, -0.2) is 14.5 Å². The van der Waals surface area contributed by atoms with E-state index in [9.17, 15) is 9.59 Å². The number of benzene rings is 1. The van der Waals surface area contributed by atoms with Crippen LogP contribution in [0.15, 0.2) is 34.0 Å². The molecular weight excluding hydrogens is 390 g/mol. The molecular formula is C22H24ClN3O3. The molecule has 29 heavy (non-hydrogen) atoms. The molecule has 0 fully saturated rings. The summed E-state index contributed by atoms with van der Waals surface area (Å²) in [6.45, 7) is 7.63. The zero-order valence-electron chi connectivity index (χ0n) is 17.2. The lowest BCUT2D eigenvalue weighted by molar-refractivity contribution is 0.456. The highest BCUT2D eigenvalue weighted by Gasteiger charge is 2.17. The predicted octanol–water partition coefficient (Wildman–Crippen LogP) is 4.46. The molecule has 152 valence electrons. The lowest BCUT2D eigenvalue weighted by atomic mass is 9.96. The molecule has 1 N–H and O–H groups in total. The Balaban J connectivity index is 2.18. The van der Waals surface area contributed by atoms with Crippen molar-refractivity contribution >= 4 is 11.6 Å². The first-order valence-corrected chi connectivity index (χ1v) is 9.84. The van der Waals surface area contributed by atoms with E-state index in [0.717, 1.165) is 35.1 Å². The fourth-order valence-electron chi connectivity index (χ4n) is 3.36. The van der Waals surface area contributed by atoms with Crippen LogP contribution in [0.2, 0.25) is 5.02 Å². The van der Waals surface area contributed by atoms with Crippen molar-refractivity contribution in [3.8, 4) is 22.9 Å². The van der Waals surface area contributed by atoms with Gasteiger partial charge in [0.25, 0.3) is 5.56 Å². The summed E-state index contributed by atoms with van der Waals surface area (Å²) in [7, 11) is 1.65. The van der Waals surface area contributed by atoms with Gasteiger partial charge in [-0.15, -0.1) is 0 Å². The Bertz CT molecular complexity index is 1160. The van der Waals surface area contributed by atoms with Crippen LogP contribution < -0.4 is 16.0 Å². The number of nitrogens with zero attached hydrogens (tertiary/aromatic N) is 2. The molecule has 0 saturated heterocycles. The average Bonchev–Trinajstić information content (AvgIpc) is 2.65. The maximum Gasteiger partial charge on any atom is 0.328 e. The average molecular weight is 414 g/mol. The fraction of sp³-hybridized carbons (Fsp3) is 0.318. The van der Waals surface area contributed by atoms with Crippen LogP contribution in [0.4, 0.5) is 0 Å². The lowest BCUT2D eigenvalue weighted by Crippen LogP contribution is -2.31. The zero-order chi connectivity index (χ0) is 21.3. The molecule has 0 bridgehead atoms. The fourth-order valence-corrected chi connectivity index (χ4v) is 3.62. The zero-order valence-corrected chi connectivity index (χ0v) is 18.0. The standard InChI is InChI=1S/C22H24ClN3O3/c1-6-7-15-10-16(19-14(4)20(27)25-22(28)26(19)5)13(3)9-18(15)29-21-17(23)8-12(2)11-24-21/h8-11H,6-7H2,1-5H3,(H,25,27,28). The maximum atomic E-state index is 12.2. The molecule has 0 radical (unpaired) electrons. The van der Waals surface area contributed by atoms with E-state index in [2.05, 4.69) is 16.9 Å². The number of aromatic amines is 1. The molecule has 0 amide bonds. The number of hydrogen-bond donors (Lipinski definition) is 1. The molecule has 0 spiro atoms. The Morgan fingerprint density at radius 2 is 1.90 bits per heavy atom. The summed E-state index contributed by atoms with van der Waals surface area (Å²) in [6, 6.07) is 5.70. The first kappa shape index (κ1) is 20.9. The van der Waals surface area contributed by atoms with Gasteiger partial charge in [0.2, 0.25) is 5.88 Å². The number of aromatic nitrogens is 3. The largest absolute Gasteiger partial charge is 0.437 e. The van der Waals surface area contributed by atoms with Crippen LogP contribution in [-0.2, 0) is 13.5 Å². The summed E-state index contributed by atoms with van der Waals surface area (Å²) in [5.41, 5.74) is 3.89. The van der Waals surface area contributed by atoms with E-state index in [1.165, 1.54) is 4.57 Å². The van der Waals surface area contributed by atoms with Gasteiger partial charge in [-0.3, -0.25) is 14.3 Å². The third-order valence-corrected chi connectivity index (χ3v) is 5.16. The van der Waals surface area contributed by atoms with Crippen molar-refractivity contribution in [1.82, 2.24) is 14.5 Å². The van der Waals surface area contributed by atoms with Crippen molar-refractivity contribution in [3.63, 3.8) is 0 Å².